The van der Waals surface area contributed by atoms with E-state index in [9.17, 15) is 4.79 Å². The van der Waals surface area contributed by atoms with Crippen LogP contribution >= 0.6 is 0 Å². The minimum absolute atomic E-state index is 0. The fraction of sp³-hybridized carbons (Fsp3) is 0.250. The van der Waals surface area contributed by atoms with Gasteiger partial charge in [-0.15, -0.1) is 0 Å². The molecule has 1 amide bonds. The van der Waals surface area contributed by atoms with Crippen molar-refractivity contribution >= 4 is 11.6 Å². The summed E-state index contributed by atoms with van der Waals surface area (Å²) >= 11 is 0. The third-order valence-electron chi connectivity index (χ3n) is 3.55. The normalized spacial score (nSPS) is 18.6. The second-order valence-corrected chi connectivity index (χ2v) is 5.21. The van der Waals surface area contributed by atoms with Gasteiger partial charge in [0.2, 0.25) is 0 Å². The maximum absolute atomic E-state index is 12.4. The van der Waals surface area contributed by atoms with Gasteiger partial charge in [-0.3, -0.25) is 9.20 Å². The van der Waals surface area contributed by atoms with Crippen LogP contribution in [0.1, 0.15) is 32.2 Å². The Morgan fingerprint density at radius 2 is 2.35 bits per heavy atom. The number of carbonyl (C=O) groups excluding carboxylic acids is 1. The van der Waals surface area contributed by atoms with Crippen molar-refractivity contribution in [3.05, 3.63) is 59.7 Å². The Hall–Kier alpha value is -2.36. The Balaban J connectivity index is 0.00000161. The number of fused-ring (bicyclic) bond motifs is 1. The van der Waals surface area contributed by atoms with Crippen LogP contribution in [0.25, 0.3) is 5.65 Å². The molecule has 1 atom stereocenters. The van der Waals surface area contributed by atoms with Crippen LogP contribution in [0.15, 0.2) is 54.0 Å². The number of carbonyl (C=O) groups is 1. The van der Waals surface area contributed by atoms with E-state index < -0.39 is 0 Å². The zero-order valence-electron chi connectivity index (χ0n) is 11.6. The van der Waals surface area contributed by atoms with E-state index in [1.165, 1.54) is 0 Å². The summed E-state index contributed by atoms with van der Waals surface area (Å²) in [6, 6.07) is 5.67. The van der Waals surface area contributed by atoms with E-state index >= 15 is 0 Å². The van der Waals surface area contributed by atoms with E-state index in [0.717, 1.165) is 23.3 Å². The second-order valence-electron chi connectivity index (χ2n) is 5.21. The summed E-state index contributed by atoms with van der Waals surface area (Å²) in [6.45, 7) is 4.19. The highest BCUT2D eigenvalue weighted by molar-refractivity contribution is 5.94. The summed E-state index contributed by atoms with van der Waals surface area (Å²) in [6.07, 6.45) is 8.68. The van der Waals surface area contributed by atoms with Gasteiger partial charge in [0.05, 0.1) is 6.20 Å². The third kappa shape index (κ3) is 2.25. The zero-order valence-corrected chi connectivity index (χ0v) is 11.6. The van der Waals surface area contributed by atoms with Crippen molar-refractivity contribution in [3.8, 4) is 0 Å². The number of hydrogen-bond acceptors (Lipinski definition) is 2. The van der Waals surface area contributed by atoms with Gasteiger partial charge in [0.1, 0.15) is 11.3 Å². The lowest BCUT2D eigenvalue weighted by Crippen LogP contribution is -2.26. The fourth-order valence-electron chi connectivity index (χ4n) is 2.49. The molecule has 0 radical (unpaired) electrons. The van der Waals surface area contributed by atoms with Crippen LogP contribution in [-0.2, 0) is 0 Å². The fourth-order valence-corrected chi connectivity index (χ4v) is 2.49. The molecule has 20 heavy (non-hydrogen) atoms. The van der Waals surface area contributed by atoms with E-state index in [-0.39, 0.29) is 7.33 Å². The summed E-state index contributed by atoms with van der Waals surface area (Å²) in [5, 5.41) is 2.98. The van der Waals surface area contributed by atoms with E-state index in [4.69, 9.17) is 0 Å². The first-order chi connectivity index (χ1) is 9.65. The van der Waals surface area contributed by atoms with Crippen LogP contribution in [-0.4, -0.2) is 15.3 Å². The summed E-state index contributed by atoms with van der Waals surface area (Å²) < 4.78 is 1.79. The summed E-state index contributed by atoms with van der Waals surface area (Å²) in [5.74, 6) is 0.406. The number of nitrogens with zero attached hydrogens (tertiary/aromatic N) is 2. The summed E-state index contributed by atoms with van der Waals surface area (Å²) in [4.78, 5) is 16.6. The molecule has 4 nitrogen and oxygen atoms in total. The molecule has 0 bridgehead atoms. The maximum Gasteiger partial charge on any atom is 0.274 e. The average molecular weight is 269 g/mol. The van der Waals surface area contributed by atoms with Crippen molar-refractivity contribution in [2.45, 2.75) is 20.3 Å². The highest BCUT2D eigenvalue weighted by Crippen LogP contribution is 2.20. The molecule has 3 rings (SSSR count). The van der Waals surface area contributed by atoms with Crippen LogP contribution in [0.2, 0.25) is 0 Å². The number of pyridine rings is 1. The zero-order chi connectivity index (χ0) is 14.1. The largest absolute Gasteiger partial charge is 0.321 e. The van der Waals surface area contributed by atoms with Crippen molar-refractivity contribution in [1.29, 1.82) is 0 Å². The quantitative estimate of drug-likeness (QED) is 0.910. The Kier molecular flexibility index (Phi) is 3.14. The predicted molar refractivity (Wildman–Crippen MR) is 80.4 cm³/mol. The van der Waals surface area contributed by atoms with Gasteiger partial charge in [0.15, 0.2) is 0 Å². The molecule has 1 aliphatic carbocycles. The standard InChI is InChI=1S/C16H17N3O.H2/c1-11-6-7-13(12(2)9-11)18-16(20)14-10-17-15-5-3-4-8-19(14)15;/h3-5,7-11H,6H2,1-2H3,(H,18,20);1H. The predicted octanol–water partition coefficient (Wildman–Crippen LogP) is 3.18. The molecule has 1 N–H and O–H groups in total. The SMILES string of the molecule is CC1=CC(C)CC=C1NC(=O)c1cnc2ccccn12.[HH]. The number of imidazole rings is 1. The monoisotopic (exact) mass is 269 g/mol. The number of aromatic nitrogens is 2. The van der Waals surface area contributed by atoms with Gasteiger partial charge in [-0.25, -0.2) is 4.98 Å². The van der Waals surface area contributed by atoms with Gasteiger partial charge in [-0.05, 0) is 37.0 Å². The smallest absolute Gasteiger partial charge is 0.274 e. The second kappa shape index (κ2) is 4.96. The average Bonchev–Trinajstić information content (AvgIpc) is 2.86. The van der Waals surface area contributed by atoms with Gasteiger partial charge in [-0.2, -0.15) is 0 Å². The molecule has 0 saturated heterocycles. The van der Waals surface area contributed by atoms with Crippen molar-refractivity contribution in [3.63, 3.8) is 0 Å². The molecule has 0 aromatic carbocycles. The molecular formula is C16H19N3O. The van der Waals surface area contributed by atoms with Gasteiger partial charge in [-0.1, -0.05) is 25.1 Å². The molecule has 1 aliphatic rings. The first-order valence-electron chi connectivity index (χ1n) is 6.77. The Labute approximate surface area is 119 Å². The third-order valence-corrected chi connectivity index (χ3v) is 3.55. The lowest BCUT2D eigenvalue weighted by molar-refractivity contribution is 0.0960. The molecular weight excluding hydrogens is 250 g/mol. The van der Waals surface area contributed by atoms with Crippen LogP contribution in [0.3, 0.4) is 0 Å². The molecule has 2 heterocycles. The molecule has 2 aromatic rings. The van der Waals surface area contributed by atoms with Crippen molar-refractivity contribution < 1.29 is 6.22 Å². The van der Waals surface area contributed by atoms with Gasteiger partial charge < -0.3 is 5.32 Å². The molecule has 104 valence electrons. The minimum Gasteiger partial charge on any atom is -0.321 e. The molecule has 0 spiro atoms. The van der Waals surface area contributed by atoms with E-state index in [1.807, 2.05) is 31.3 Å². The first kappa shape index (κ1) is 12.7. The van der Waals surface area contributed by atoms with Crippen molar-refractivity contribution in [2.75, 3.05) is 0 Å². The Morgan fingerprint density at radius 3 is 3.15 bits per heavy atom. The van der Waals surface area contributed by atoms with Crippen molar-refractivity contribution in [2.24, 2.45) is 5.92 Å². The van der Waals surface area contributed by atoms with Crippen molar-refractivity contribution in [1.82, 2.24) is 14.7 Å². The highest BCUT2D eigenvalue weighted by Gasteiger charge is 2.16. The van der Waals surface area contributed by atoms with E-state index in [0.29, 0.717) is 11.6 Å². The van der Waals surface area contributed by atoms with Gasteiger partial charge in [0.25, 0.3) is 5.91 Å². The van der Waals surface area contributed by atoms with Crippen LogP contribution in [0, 0.1) is 5.92 Å². The Morgan fingerprint density at radius 1 is 1.50 bits per heavy atom. The molecule has 0 saturated carbocycles. The molecule has 2 aromatic heterocycles. The molecule has 0 fully saturated rings. The van der Waals surface area contributed by atoms with E-state index in [1.54, 1.807) is 10.6 Å². The lowest BCUT2D eigenvalue weighted by atomic mass is 9.96. The summed E-state index contributed by atoms with van der Waals surface area (Å²) in [5.41, 5.74) is 3.34. The number of nitrogens with one attached hydrogen (secondary N) is 1. The topological polar surface area (TPSA) is 46.4 Å². The number of allylic oxidation sites excluding steroid dienone is 3. The minimum atomic E-state index is -0.128. The first-order valence-corrected chi connectivity index (χ1v) is 6.77. The number of hydrogen-bond donors (Lipinski definition) is 1. The lowest BCUT2D eigenvalue weighted by Gasteiger charge is -2.17. The van der Waals surface area contributed by atoms with Gasteiger partial charge >= 0.3 is 0 Å². The van der Waals surface area contributed by atoms with Crippen LogP contribution < -0.4 is 5.32 Å². The molecule has 4 heteroatoms. The number of amides is 1. The van der Waals surface area contributed by atoms with E-state index in [2.05, 4.69) is 29.4 Å². The Bertz CT molecular complexity index is 730. The molecule has 1 unspecified atom stereocenters. The van der Waals surface area contributed by atoms with Crippen LogP contribution in [0.5, 0.6) is 0 Å². The molecule has 0 aliphatic heterocycles. The highest BCUT2D eigenvalue weighted by atomic mass is 16.2. The number of rotatable bonds is 2. The van der Waals surface area contributed by atoms with Crippen LogP contribution in [0.4, 0.5) is 0 Å². The van der Waals surface area contributed by atoms with Gasteiger partial charge in [0, 0.05) is 13.3 Å². The maximum atomic E-state index is 12.4. The summed E-state index contributed by atoms with van der Waals surface area (Å²) in [7, 11) is 0.